The molecule has 106 valence electrons. The van der Waals surface area contributed by atoms with Crippen molar-refractivity contribution in [1.29, 1.82) is 0 Å². The fraction of sp³-hybridized carbons (Fsp3) is 0.0833. The van der Waals surface area contributed by atoms with E-state index in [1.165, 1.54) is 6.20 Å². The van der Waals surface area contributed by atoms with Crippen molar-refractivity contribution in [2.24, 2.45) is 5.84 Å². The Bertz CT molecular complexity index is 706. The molecule has 4 N–H and O–H groups in total. The number of benzene rings is 1. The summed E-state index contributed by atoms with van der Waals surface area (Å²) < 4.78 is 27.7. The normalized spacial score (nSPS) is 11.3. The van der Waals surface area contributed by atoms with E-state index < -0.39 is 10.0 Å². The summed E-state index contributed by atoms with van der Waals surface area (Å²) in [6.07, 6.45) is 1.40. The second-order valence-corrected chi connectivity index (χ2v) is 6.45. The van der Waals surface area contributed by atoms with Crippen LogP contribution in [-0.4, -0.2) is 13.4 Å². The maximum Gasteiger partial charge on any atom is 0.260 e. The predicted octanol–water partition coefficient (Wildman–Crippen LogP) is 1.61. The third kappa shape index (κ3) is 3.34. The summed E-state index contributed by atoms with van der Waals surface area (Å²) >= 11 is 3.37. The molecule has 20 heavy (non-hydrogen) atoms. The Hall–Kier alpha value is -1.48. The van der Waals surface area contributed by atoms with Crippen LogP contribution in [0.3, 0.4) is 0 Å². The average Bonchev–Trinajstić information content (AvgIpc) is 2.46. The highest BCUT2D eigenvalue weighted by atomic mass is 79.9. The van der Waals surface area contributed by atoms with Crippen molar-refractivity contribution in [3.63, 3.8) is 0 Å². The minimum Gasteiger partial charge on any atom is -0.321 e. The van der Waals surface area contributed by atoms with Gasteiger partial charge in [-0.3, -0.25) is 5.84 Å². The fourth-order valence-electron chi connectivity index (χ4n) is 1.60. The van der Waals surface area contributed by atoms with E-state index in [1.54, 1.807) is 12.1 Å². The maximum absolute atomic E-state index is 12.2. The van der Waals surface area contributed by atoms with Crippen molar-refractivity contribution in [3.8, 4) is 0 Å². The highest BCUT2D eigenvalue weighted by molar-refractivity contribution is 9.10. The van der Waals surface area contributed by atoms with Gasteiger partial charge in [-0.2, -0.15) is 0 Å². The number of sulfonamides is 1. The van der Waals surface area contributed by atoms with Gasteiger partial charge in [0.15, 0.2) is 5.03 Å². The smallest absolute Gasteiger partial charge is 0.260 e. The van der Waals surface area contributed by atoms with E-state index >= 15 is 0 Å². The maximum atomic E-state index is 12.2. The quantitative estimate of drug-likeness (QED) is 0.558. The summed E-state index contributed by atoms with van der Waals surface area (Å²) in [5.74, 6) is 5.29. The largest absolute Gasteiger partial charge is 0.321 e. The number of nitrogens with two attached hydrogens (primary N) is 1. The molecule has 0 saturated carbocycles. The van der Waals surface area contributed by atoms with Crippen LogP contribution in [0.1, 0.15) is 5.56 Å². The molecule has 0 spiro atoms. The standard InChI is InChI=1S/C12H13BrN4O2S/c13-10-5-2-1-4-9(10)8-16-20(18,19)12-11(17-14)6-3-7-15-12/h1-7,16-17H,8,14H2. The molecule has 2 rings (SSSR count). The Kier molecular flexibility index (Phi) is 4.71. The number of anilines is 1. The average molecular weight is 357 g/mol. The van der Waals surface area contributed by atoms with E-state index in [0.29, 0.717) is 0 Å². The lowest BCUT2D eigenvalue weighted by atomic mass is 10.2. The lowest BCUT2D eigenvalue weighted by Crippen LogP contribution is -2.26. The van der Waals surface area contributed by atoms with Crippen LogP contribution >= 0.6 is 15.9 Å². The van der Waals surface area contributed by atoms with Gasteiger partial charge < -0.3 is 5.43 Å². The first-order valence-corrected chi connectivity index (χ1v) is 7.97. The molecule has 0 fully saturated rings. The zero-order valence-electron chi connectivity index (χ0n) is 10.4. The van der Waals surface area contributed by atoms with Gasteiger partial charge in [0, 0.05) is 17.2 Å². The second kappa shape index (κ2) is 6.31. The summed E-state index contributed by atoms with van der Waals surface area (Å²) in [6.45, 7) is 0.157. The molecule has 1 aromatic heterocycles. The van der Waals surface area contributed by atoms with Gasteiger partial charge in [0.1, 0.15) is 0 Å². The summed E-state index contributed by atoms with van der Waals surface area (Å²) in [5, 5.41) is -0.130. The van der Waals surface area contributed by atoms with Crippen LogP contribution in [0.15, 0.2) is 52.1 Å². The van der Waals surface area contributed by atoms with Crippen molar-refractivity contribution in [2.45, 2.75) is 11.6 Å². The van der Waals surface area contributed by atoms with Crippen LogP contribution in [0.2, 0.25) is 0 Å². The van der Waals surface area contributed by atoms with Gasteiger partial charge in [0.25, 0.3) is 10.0 Å². The van der Waals surface area contributed by atoms with Gasteiger partial charge in [-0.05, 0) is 23.8 Å². The molecule has 0 bridgehead atoms. The summed E-state index contributed by atoms with van der Waals surface area (Å²) in [5.41, 5.74) is 3.39. The number of hydrazine groups is 1. The zero-order chi connectivity index (χ0) is 14.6. The number of nitrogens with one attached hydrogen (secondary N) is 2. The Labute approximate surface area is 125 Å². The lowest BCUT2D eigenvalue weighted by molar-refractivity contribution is 0.577. The molecule has 0 amide bonds. The molecule has 1 aromatic carbocycles. The second-order valence-electron chi connectivity index (χ2n) is 3.92. The molecular weight excluding hydrogens is 344 g/mol. The SMILES string of the molecule is NNc1cccnc1S(=O)(=O)NCc1ccccc1Br. The van der Waals surface area contributed by atoms with E-state index in [1.807, 2.05) is 24.3 Å². The van der Waals surface area contributed by atoms with Gasteiger partial charge in [0.2, 0.25) is 0 Å². The highest BCUT2D eigenvalue weighted by Gasteiger charge is 2.19. The molecule has 0 aliphatic heterocycles. The summed E-state index contributed by atoms with van der Waals surface area (Å²) in [7, 11) is -3.74. The highest BCUT2D eigenvalue weighted by Crippen LogP contribution is 2.19. The van der Waals surface area contributed by atoms with Crippen LogP contribution < -0.4 is 16.0 Å². The van der Waals surface area contributed by atoms with Gasteiger partial charge in [-0.15, -0.1) is 0 Å². The monoisotopic (exact) mass is 356 g/mol. The Morgan fingerprint density at radius 3 is 2.65 bits per heavy atom. The molecule has 0 aliphatic rings. The molecule has 0 atom stereocenters. The Morgan fingerprint density at radius 1 is 1.20 bits per heavy atom. The van der Waals surface area contributed by atoms with Gasteiger partial charge in [0.05, 0.1) is 5.69 Å². The number of rotatable bonds is 5. The third-order valence-electron chi connectivity index (χ3n) is 2.59. The van der Waals surface area contributed by atoms with Crippen molar-refractivity contribution in [3.05, 3.63) is 52.6 Å². The number of halogens is 1. The molecule has 6 nitrogen and oxygen atoms in total. The molecule has 0 saturated heterocycles. The number of nitrogens with zero attached hydrogens (tertiary/aromatic N) is 1. The number of pyridine rings is 1. The van der Waals surface area contributed by atoms with Crippen LogP contribution in [-0.2, 0) is 16.6 Å². The molecule has 1 heterocycles. The first kappa shape index (κ1) is 14.9. The van der Waals surface area contributed by atoms with Crippen molar-refractivity contribution in [2.75, 3.05) is 5.43 Å². The third-order valence-corrected chi connectivity index (χ3v) is 4.72. The minimum atomic E-state index is -3.74. The Balaban J connectivity index is 2.22. The van der Waals surface area contributed by atoms with Gasteiger partial charge in [-0.25, -0.2) is 18.1 Å². The molecule has 0 radical (unpaired) electrons. The van der Waals surface area contributed by atoms with Gasteiger partial charge in [-0.1, -0.05) is 34.1 Å². The Morgan fingerprint density at radius 2 is 1.95 bits per heavy atom. The first-order valence-electron chi connectivity index (χ1n) is 5.69. The van der Waals surface area contributed by atoms with Crippen molar-refractivity contribution < 1.29 is 8.42 Å². The van der Waals surface area contributed by atoms with Crippen molar-refractivity contribution >= 4 is 31.6 Å². The minimum absolute atomic E-state index is 0.130. The fourth-order valence-corrected chi connectivity index (χ4v) is 3.12. The zero-order valence-corrected chi connectivity index (χ0v) is 12.8. The number of hydrogen-bond acceptors (Lipinski definition) is 5. The molecule has 2 aromatic rings. The van der Waals surface area contributed by atoms with Crippen LogP contribution in [0.25, 0.3) is 0 Å². The summed E-state index contributed by atoms with van der Waals surface area (Å²) in [4.78, 5) is 3.85. The van der Waals surface area contributed by atoms with E-state index in [2.05, 4.69) is 31.1 Å². The first-order chi connectivity index (χ1) is 9.54. The van der Waals surface area contributed by atoms with Crippen LogP contribution in [0.5, 0.6) is 0 Å². The van der Waals surface area contributed by atoms with Crippen LogP contribution in [0.4, 0.5) is 5.69 Å². The lowest BCUT2D eigenvalue weighted by Gasteiger charge is -2.10. The van der Waals surface area contributed by atoms with Crippen molar-refractivity contribution in [1.82, 2.24) is 9.71 Å². The molecular formula is C12H13BrN4O2S. The van der Waals surface area contributed by atoms with E-state index in [9.17, 15) is 8.42 Å². The number of nitrogen functional groups attached to an aromatic ring is 1. The van der Waals surface area contributed by atoms with Gasteiger partial charge >= 0.3 is 0 Å². The van der Waals surface area contributed by atoms with E-state index in [0.717, 1.165) is 10.0 Å². The van der Waals surface area contributed by atoms with E-state index in [-0.39, 0.29) is 17.3 Å². The number of aromatic nitrogens is 1. The van der Waals surface area contributed by atoms with Crippen LogP contribution in [0, 0.1) is 0 Å². The predicted molar refractivity (Wildman–Crippen MR) is 80.2 cm³/mol. The molecule has 0 aliphatic carbocycles. The number of hydrogen-bond donors (Lipinski definition) is 3. The van der Waals surface area contributed by atoms with E-state index in [4.69, 9.17) is 5.84 Å². The summed E-state index contributed by atoms with van der Waals surface area (Å²) in [6, 6.07) is 10.5. The topological polar surface area (TPSA) is 97.1 Å². The molecule has 0 unspecified atom stereocenters. The molecule has 8 heteroatoms.